The highest BCUT2D eigenvalue weighted by Crippen LogP contribution is 2.55. The van der Waals surface area contributed by atoms with Gasteiger partial charge in [0, 0.05) is 10.5 Å². The molecule has 3 unspecified atom stereocenters. The van der Waals surface area contributed by atoms with Gasteiger partial charge in [0.1, 0.15) is 5.82 Å². The second-order valence-corrected chi connectivity index (χ2v) is 6.55. The minimum Gasteiger partial charge on any atom is -0.271 e. The lowest BCUT2D eigenvalue weighted by atomic mass is 9.90. The van der Waals surface area contributed by atoms with Crippen molar-refractivity contribution in [2.45, 2.75) is 31.7 Å². The first-order chi connectivity index (χ1) is 8.67. The predicted molar refractivity (Wildman–Crippen MR) is 73.2 cm³/mol. The zero-order valence-electron chi connectivity index (χ0n) is 10.2. The third-order valence-corrected chi connectivity index (χ3v) is 5.28. The maximum atomic E-state index is 13.3. The Hall–Kier alpha value is -0.450. The van der Waals surface area contributed by atoms with Crippen molar-refractivity contribution in [3.8, 4) is 0 Å². The van der Waals surface area contributed by atoms with E-state index < -0.39 is 0 Å². The molecule has 0 amide bonds. The van der Waals surface area contributed by atoms with Crippen LogP contribution in [-0.4, -0.2) is 6.04 Å². The van der Waals surface area contributed by atoms with Gasteiger partial charge in [-0.25, -0.2) is 4.39 Å². The van der Waals surface area contributed by atoms with Crippen LogP contribution < -0.4 is 11.3 Å². The third kappa shape index (κ3) is 2.46. The molecule has 0 aromatic heterocycles. The van der Waals surface area contributed by atoms with Gasteiger partial charge in [0.15, 0.2) is 0 Å². The molecule has 1 aromatic rings. The van der Waals surface area contributed by atoms with Crippen LogP contribution in [0.1, 0.15) is 24.8 Å². The molecule has 0 radical (unpaired) electrons. The molecule has 2 nitrogen and oxygen atoms in total. The number of hydrogen-bond acceptors (Lipinski definition) is 2. The van der Waals surface area contributed by atoms with Gasteiger partial charge >= 0.3 is 0 Å². The Morgan fingerprint density at radius 1 is 1.33 bits per heavy atom. The molecule has 0 spiro atoms. The first-order valence-electron chi connectivity index (χ1n) is 6.57. The van der Waals surface area contributed by atoms with Gasteiger partial charge < -0.3 is 0 Å². The molecule has 2 aliphatic rings. The van der Waals surface area contributed by atoms with Crippen molar-refractivity contribution < 1.29 is 4.39 Å². The Labute approximate surface area is 115 Å². The lowest BCUT2D eigenvalue weighted by molar-refractivity contribution is 0.335. The highest BCUT2D eigenvalue weighted by molar-refractivity contribution is 9.10. The Morgan fingerprint density at radius 3 is 2.72 bits per heavy atom. The minimum atomic E-state index is -0.182. The fourth-order valence-electron chi connectivity index (χ4n) is 3.39. The van der Waals surface area contributed by atoms with E-state index in [0.29, 0.717) is 5.92 Å². The molecule has 1 aromatic carbocycles. The van der Waals surface area contributed by atoms with E-state index in [-0.39, 0.29) is 11.9 Å². The monoisotopic (exact) mass is 312 g/mol. The Kier molecular flexibility index (Phi) is 3.43. The molecule has 2 saturated carbocycles. The topological polar surface area (TPSA) is 38.0 Å². The van der Waals surface area contributed by atoms with E-state index >= 15 is 0 Å². The molecule has 98 valence electrons. The zero-order chi connectivity index (χ0) is 12.7. The molecule has 0 saturated heterocycles. The van der Waals surface area contributed by atoms with Crippen LogP contribution in [0.15, 0.2) is 22.7 Å². The lowest BCUT2D eigenvalue weighted by Gasteiger charge is -2.24. The summed E-state index contributed by atoms with van der Waals surface area (Å²) in [6, 6.07) is 5.11. The van der Waals surface area contributed by atoms with E-state index in [2.05, 4.69) is 21.4 Å². The van der Waals surface area contributed by atoms with Crippen LogP contribution in [0.3, 0.4) is 0 Å². The molecule has 4 heteroatoms. The molecule has 2 fully saturated rings. The zero-order valence-corrected chi connectivity index (χ0v) is 11.8. The Balaban J connectivity index is 1.70. The van der Waals surface area contributed by atoms with Gasteiger partial charge in [-0.3, -0.25) is 11.3 Å². The van der Waals surface area contributed by atoms with Crippen LogP contribution in [0.2, 0.25) is 0 Å². The Bertz CT molecular complexity index is 441. The second-order valence-electron chi connectivity index (χ2n) is 5.70. The molecule has 3 atom stereocenters. The normalized spacial score (nSPS) is 31.2. The number of nitrogens with one attached hydrogen (secondary N) is 1. The van der Waals surface area contributed by atoms with Crippen LogP contribution in [0.5, 0.6) is 0 Å². The number of fused-ring (bicyclic) bond motifs is 1. The van der Waals surface area contributed by atoms with E-state index in [9.17, 15) is 4.39 Å². The number of rotatable bonds is 4. The summed E-state index contributed by atoms with van der Waals surface area (Å²) < 4.78 is 14.2. The van der Waals surface area contributed by atoms with Crippen molar-refractivity contribution in [2.24, 2.45) is 23.6 Å². The van der Waals surface area contributed by atoms with Crippen LogP contribution in [0.4, 0.5) is 4.39 Å². The van der Waals surface area contributed by atoms with Gasteiger partial charge in [-0.2, -0.15) is 0 Å². The molecular formula is C14H18BrFN2. The van der Waals surface area contributed by atoms with E-state index in [1.807, 2.05) is 0 Å². The SMILES string of the molecule is NNC(Cc1cc(F)ccc1Br)C1CC2CC2C1. The van der Waals surface area contributed by atoms with E-state index in [4.69, 9.17) is 5.84 Å². The van der Waals surface area contributed by atoms with Crippen molar-refractivity contribution in [2.75, 3.05) is 0 Å². The quantitative estimate of drug-likeness (QED) is 0.662. The van der Waals surface area contributed by atoms with Crippen molar-refractivity contribution in [3.05, 3.63) is 34.1 Å². The van der Waals surface area contributed by atoms with Crippen LogP contribution >= 0.6 is 15.9 Å². The van der Waals surface area contributed by atoms with Crippen LogP contribution in [0.25, 0.3) is 0 Å². The second kappa shape index (κ2) is 4.91. The third-order valence-electron chi connectivity index (χ3n) is 4.51. The molecule has 0 bridgehead atoms. The number of halogens is 2. The maximum absolute atomic E-state index is 13.3. The van der Waals surface area contributed by atoms with Crippen molar-refractivity contribution in [1.82, 2.24) is 5.43 Å². The summed E-state index contributed by atoms with van der Waals surface area (Å²) in [5.74, 6) is 8.05. The molecule has 0 aliphatic heterocycles. The number of hydrazine groups is 1. The van der Waals surface area contributed by atoms with E-state index in [0.717, 1.165) is 28.3 Å². The molecular weight excluding hydrogens is 295 g/mol. The standard InChI is InChI=1S/C14H18BrFN2/c15-13-2-1-12(16)6-10(13)7-14(18-17)11-4-8-3-9(8)5-11/h1-2,6,8-9,11,14,18H,3-5,7,17H2. The van der Waals surface area contributed by atoms with Crippen LogP contribution in [0, 0.1) is 23.6 Å². The van der Waals surface area contributed by atoms with Gasteiger partial charge in [0.2, 0.25) is 0 Å². The van der Waals surface area contributed by atoms with E-state index in [1.165, 1.54) is 25.3 Å². The van der Waals surface area contributed by atoms with Gasteiger partial charge in [-0.1, -0.05) is 15.9 Å². The number of hydrogen-bond donors (Lipinski definition) is 2. The maximum Gasteiger partial charge on any atom is 0.123 e. The molecule has 3 rings (SSSR count). The van der Waals surface area contributed by atoms with Gasteiger partial charge in [-0.15, -0.1) is 0 Å². The average molecular weight is 313 g/mol. The summed E-state index contributed by atoms with van der Waals surface area (Å²) in [5.41, 5.74) is 3.94. The molecule has 0 heterocycles. The van der Waals surface area contributed by atoms with Gasteiger partial charge in [0.05, 0.1) is 0 Å². The van der Waals surface area contributed by atoms with Crippen molar-refractivity contribution in [1.29, 1.82) is 0 Å². The first-order valence-corrected chi connectivity index (χ1v) is 7.36. The first kappa shape index (κ1) is 12.6. The Morgan fingerprint density at radius 2 is 2.06 bits per heavy atom. The van der Waals surface area contributed by atoms with Gasteiger partial charge in [-0.05, 0) is 67.2 Å². The summed E-state index contributed by atoms with van der Waals surface area (Å²) in [4.78, 5) is 0. The summed E-state index contributed by atoms with van der Waals surface area (Å²) in [5, 5.41) is 0. The van der Waals surface area contributed by atoms with Crippen LogP contribution in [-0.2, 0) is 6.42 Å². The molecule has 3 N–H and O–H groups in total. The minimum absolute atomic E-state index is 0.182. The highest BCUT2D eigenvalue weighted by atomic mass is 79.9. The largest absolute Gasteiger partial charge is 0.271 e. The summed E-state index contributed by atoms with van der Waals surface area (Å²) in [7, 11) is 0. The smallest absolute Gasteiger partial charge is 0.123 e. The summed E-state index contributed by atoms with van der Waals surface area (Å²) in [6.45, 7) is 0. The fraction of sp³-hybridized carbons (Fsp3) is 0.571. The molecule has 18 heavy (non-hydrogen) atoms. The van der Waals surface area contributed by atoms with Gasteiger partial charge in [0.25, 0.3) is 0 Å². The highest BCUT2D eigenvalue weighted by Gasteiger charge is 2.47. The molecule has 2 aliphatic carbocycles. The lowest BCUT2D eigenvalue weighted by Crippen LogP contribution is -2.42. The van der Waals surface area contributed by atoms with E-state index in [1.54, 1.807) is 12.1 Å². The van der Waals surface area contributed by atoms with Crippen molar-refractivity contribution in [3.63, 3.8) is 0 Å². The average Bonchev–Trinajstić information content (AvgIpc) is 2.97. The summed E-state index contributed by atoms with van der Waals surface area (Å²) >= 11 is 3.48. The summed E-state index contributed by atoms with van der Waals surface area (Å²) in [6.07, 6.45) is 4.77. The predicted octanol–water partition coefficient (Wildman–Crippen LogP) is 3.01. The van der Waals surface area contributed by atoms with Crippen molar-refractivity contribution >= 4 is 15.9 Å². The fourth-order valence-corrected chi connectivity index (χ4v) is 3.80. The number of benzene rings is 1. The number of nitrogens with two attached hydrogens (primary N) is 1.